The van der Waals surface area contributed by atoms with E-state index in [9.17, 15) is 4.79 Å². The van der Waals surface area contributed by atoms with Crippen LogP contribution in [0.1, 0.15) is 42.4 Å². The number of aryl methyl sites for hydroxylation is 1. The van der Waals surface area contributed by atoms with Crippen LogP contribution in [0.2, 0.25) is 0 Å². The van der Waals surface area contributed by atoms with E-state index in [4.69, 9.17) is 4.52 Å². The monoisotopic (exact) mass is 285 g/mol. The molecule has 1 aromatic rings. The predicted molar refractivity (Wildman–Crippen MR) is 73.6 cm³/mol. The first kappa shape index (κ1) is 14.3. The number of nitrogens with one attached hydrogen (secondary N) is 1. The van der Waals surface area contributed by atoms with Gasteiger partial charge in [-0.1, -0.05) is 12.1 Å². The summed E-state index contributed by atoms with van der Waals surface area (Å²) in [5.74, 6) is 0.818. The maximum absolute atomic E-state index is 12.3. The maximum atomic E-state index is 12.3. The molecular formula is C13H20ClN3O2. The maximum Gasteiger partial charge on any atom is 0.276 e. The largest absolute Gasteiger partial charge is 0.361 e. The Balaban J connectivity index is 0.00000133. The van der Waals surface area contributed by atoms with Gasteiger partial charge >= 0.3 is 0 Å². The van der Waals surface area contributed by atoms with E-state index in [1.165, 1.54) is 12.8 Å². The number of aromatic nitrogens is 1. The molecule has 1 amide bonds. The van der Waals surface area contributed by atoms with Crippen LogP contribution < -0.4 is 5.32 Å². The standard InChI is InChI=1S/C13H19N3O2.ClH/c1-2-3-11-6-12(15-18-11)13(17)16-7-9-4-5-10(8-16)14-9;/h6,9-10,14H,2-5,7-8H2,1H3;1H/t9-,10+;. The number of hydrogen-bond donors (Lipinski definition) is 1. The Kier molecular flexibility index (Phi) is 4.47. The minimum Gasteiger partial charge on any atom is -0.361 e. The van der Waals surface area contributed by atoms with Crippen LogP contribution in [0, 0.1) is 0 Å². The van der Waals surface area contributed by atoms with Gasteiger partial charge in [-0.2, -0.15) is 0 Å². The van der Waals surface area contributed by atoms with Crippen molar-refractivity contribution in [3.05, 3.63) is 17.5 Å². The summed E-state index contributed by atoms with van der Waals surface area (Å²) in [5.41, 5.74) is 0.458. The molecule has 2 aliphatic rings. The molecule has 19 heavy (non-hydrogen) atoms. The minimum absolute atomic E-state index is 0. The molecule has 2 saturated heterocycles. The van der Waals surface area contributed by atoms with Gasteiger partial charge in [-0.15, -0.1) is 12.4 Å². The van der Waals surface area contributed by atoms with Gasteiger partial charge in [0.25, 0.3) is 5.91 Å². The molecule has 6 heteroatoms. The van der Waals surface area contributed by atoms with Crippen LogP contribution in [0.4, 0.5) is 0 Å². The van der Waals surface area contributed by atoms with Crippen molar-refractivity contribution < 1.29 is 9.32 Å². The fourth-order valence-corrected chi connectivity index (χ4v) is 2.90. The Morgan fingerprint density at radius 2 is 2.16 bits per heavy atom. The molecule has 0 aliphatic carbocycles. The molecule has 2 fully saturated rings. The second kappa shape index (κ2) is 5.92. The third kappa shape index (κ3) is 2.92. The van der Waals surface area contributed by atoms with Crippen molar-refractivity contribution in [3.8, 4) is 0 Å². The summed E-state index contributed by atoms with van der Waals surface area (Å²) < 4.78 is 5.17. The number of halogens is 1. The summed E-state index contributed by atoms with van der Waals surface area (Å²) in [5, 5.41) is 7.41. The van der Waals surface area contributed by atoms with Crippen molar-refractivity contribution in [2.24, 2.45) is 0 Å². The van der Waals surface area contributed by atoms with Crippen LogP contribution in [0.25, 0.3) is 0 Å². The van der Waals surface area contributed by atoms with Gasteiger partial charge in [-0.05, 0) is 19.3 Å². The first-order chi connectivity index (χ1) is 8.76. The normalized spacial score (nSPS) is 25.2. The number of carbonyl (C=O) groups is 1. The molecule has 2 aliphatic heterocycles. The van der Waals surface area contributed by atoms with Crippen molar-refractivity contribution in [3.63, 3.8) is 0 Å². The molecular weight excluding hydrogens is 266 g/mol. The zero-order valence-corrected chi connectivity index (χ0v) is 11.9. The van der Waals surface area contributed by atoms with Gasteiger partial charge in [0.1, 0.15) is 5.76 Å². The lowest BCUT2D eigenvalue weighted by Crippen LogP contribution is -2.53. The van der Waals surface area contributed by atoms with Crippen LogP contribution in [0.15, 0.2) is 10.6 Å². The van der Waals surface area contributed by atoms with Crippen LogP contribution in [0.5, 0.6) is 0 Å². The lowest BCUT2D eigenvalue weighted by molar-refractivity contribution is 0.0687. The average molecular weight is 286 g/mol. The topological polar surface area (TPSA) is 58.4 Å². The van der Waals surface area contributed by atoms with Crippen molar-refractivity contribution in [1.82, 2.24) is 15.4 Å². The number of piperazine rings is 1. The summed E-state index contributed by atoms with van der Waals surface area (Å²) >= 11 is 0. The SMILES string of the molecule is CCCc1cc(C(=O)N2C[C@H]3CC[C@@H](C2)N3)no1.Cl. The van der Waals surface area contributed by atoms with E-state index in [0.29, 0.717) is 17.8 Å². The molecule has 106 valence electrons. The average Bonchev–Trinajstić information content (AvgIpc) is 2.96. The van der Waals surface area contributed by atoms with Gasteiger partial charge < -0.3 is 14.7 Å². The van der Waals surface area contributed by atoms with Gasteiger partial charge in [0.2, 0.25) is 0 Å². The highest BCUT2D eigenvalue weighted by Crippen LogP contribution is 2.21. The third-order valence-electron chi connectivity index (χ3n) is 3.78. The highest BCUT2D eigenvalue weighted by molar-refractivity contribution is 5.92. The number of carbonyl (C=O) groups excluding carboxylic acids is 1. The first-order valence-electron chi connectivity index (χ1n) is 6.77. The zero-order valence-electron chi connectivity index (χ0n) is 11.1. The Hall–Kier alpha value is -1.07. The minimum atomic E-state index is 0. The molecule has 2 bridgehead atoms. The molecule has 0 saturated carbocycles. The van der Waals surface area contributed by atoms with Crippen molar-refractivity contribution in [1.29, 1.82) is 0 Å². The van der Waals surface area contributed by atoms with E-state index in [0.717, 1.165) is 31.7 Å². The number of amides is 1. The van der Waals surface area contributed by atoms with Gasteiger partial charge in [0.05, 0.1) is 0 Å². The highest BCUT2D eigenvalue weighted by atomic mass is 35.5. The summed E-state index contributed by atoms with van der Waals surface area (Å²) in [4.78, 5) is 14.2. The summed E-state index contributed by atoms with van der Waals surface area (Å²) in [6.07, 6.45) is 4.19. The molecule has 3 rings (SSSR count). The second-order valence-corrected chi connectivity index (χ2v) is 5.28. The van der Waals surface area contributed by atoms with Gasteiger partial charge in [0, 0.05) is 37.7 Å². The molecule has 1 aromatic heterocycles. The smallest absolute Gasteiger partial charge is 0.276 e. The molecule has 0 aromatic carbocycles. The highest BCUT2D eigenvalue weighted by Gasteiger charge is 2.35. The van der Waals surface area contributed by atoms with E-state index >= 15 is 0 Å². The summed E-state index contributed by atoms with van der Waals surface area (Å²) in [6.45, 7) is 3.68. The van der Waals surface area contributed by atoms with Crippen LogP contribution in [-0.4, -0.2) is 41.1 Å². The Labute approximate surface area is 119 Å². The number of rotatable bonds is 3. The third-order valence-corrected chi connectivity index (χ3v) is 3.78. The Morgan fingerprint density at radius 3 is 2.79 bits per heavy atom. The van der Waals surface area contributed by atoms with E-state index in [1.807, 2.05) is 4.90 Å². The van der Waals surface area contributed by atoms with E-state index in [-0.39, 0.29) is 18.3 Å². The molecule has 0 spiro atoms. The fourth-order valence-electron chi connectivity index (χ4n) is 2.90. The molecule has 0 unspecified atom stereocenters. The first-order valence-corrected chi connectivity index (χ1v) is 6.77. The molecule has 1 N–H and O–H groups in total. The van der Waals surface area contributed by atoms with Crippen LogP contribution in [-0.2, 0) is 6.42 Å². The number of fused-ring (bicyclic) bond motifs is 2. The number of nitrogens with zero attached hydrogens (tertiary/aromatic N) is 2. The van der Waals surface area contributed by atoms with E-state index in [2.05, 4.69) is 17.4 Å². The lowest BCUT2D eigenvalue weighted by atomic mass is 10.2. The van der Waals surface area contributed by atoms with E-state index < -0.39 is 0 Å². The zero-order chi connectivity index (χ0) is 12.5. The van der Waals surface area contributed by atoms with Crippen LogP contribution in [0.3, 0.4) is 0 Å². The molecule has 0 radical (unpaired) electrons. The molecule has 2 atom stereocenters. The Morgan fingerprint density at radius 1 is 1.47 bits per heavy atom. The number of hydrogen-bond acceptors (Lipinski definition) is 4. The fraction of sp³-hybridized carbons (Fsp3) is 0.692. The van der Waals surface area contributed by atoms with Gasteiger partial charge in [-0.25, -0.2) is 0 Å². The lowest BCUT2D eigenvalue weighted by Gasteiger charge is -2.32. The second-order valence-electron chi connectivity index (χ2n) is 5.28. The molecule has 5 nitrogen and oxygen atoms in total. The predicted octanol–water partition coefficient (Wildman–Crippen LogP) is 1.63. The number of likely N-dealkylation sites (tertiary alicyclic amines) is 1. The Bertz CT molecular complexity index is 437. The summed E-state index contributed by atoms with van der Waals surface area (Å²) in [7, 11) is 0. The van der Waals surface area contributed by atoms with Gasteiger partial charge in [0.15, 0.2) is 5.69 Å². The van der Waals surface area contributed by atoms with E-state index in [1.54, 1.807) is 6.07 Å². The van der Waals surface area contributed by atoms with Crippen molar-refractivity contribution >= 4 is 18.3 Å². The van der Waals surface area contributed by atoms with Crippen LogP contribution >= 0.6 is 12.4 Å². The van der Waals surface area contributed by atoms with Gasteiger partial charge in [-0.3, -0.25) is 4.79 Å². The quantitative estimate of drug-likeness (QED) is 0.917. The molecule has 3 heterocycles. The van der Waals surface area contributed by atoms with Crippen molar-refractivity contribution in [2.75, 3.05) is 13.1 Å². The summed E-state index contributed by atoms with van der Waals surface area (Å²) in [6, 6.07) is 2.72. The van der Waals surface area contributed by atoms with Crippen molar-refractivity contribution in [2.45, 2.75) is 44.7 Å².